The lowest BCUT2D eigenvalue weighted by Gasteiger charge is -2.20. The third-order valence-electron chi connectivity index (χ3n) is 5.64. The minimum atomic E-state index is -3.45. The molecule has 1 atom stereocenters. The number of sulfone groups is 1. The van der Waals surface area contributed by atoms with Gasteiger partial charge in [-0.25, -0.2) is 13.1 Å². The molecule has 1 unspecified atom stereocenters. The molecule has 0 radical (unpaired) electrons. The number of hydrogen-bond donors (Lipinski definition) is 0. The highest BCUT2D eigenvalue weighted by Gasteiger charge is 2.19. The van der Waals surface area contributed by atoms with Crippen LogP contribution < -0.4 is 4.74 Å². The number of benzene rings is 1. The van der Waals surface area contributed by atoms with Crippen molar-refractivity contribution in [3.05, 3.63) is 66.7 Å². The quantitative estimate of drug-likeness (QED) is 0.474. The van der Waals surface area contributed by atoms with Gasteiger partial charge in [-0.3, -0.25) is 4.98 Å². The van der Waals surface area contributed by atoms with Crippen LogP contribution in [0.4, 0.5) is 0 Å². The maximum atomic E-state index is 12.5. The number of likely N-dealkylation sites (tertiary alicyclic amines) is 1. The zero-order chi connectivity index (χ0) is 21.7. The van der Waals surface area contributed by atoms with E-state index in [2.05, 4.69) is 21.9 Å². The third kappa shape index (κ3) is 5.51. The van der Waals surface area contributed by atoms with Gasteiger partial charge in [-0.2, -0.15) is 5.10 Å². The van der Waals surface area contributed by atoms with Crippen LogP contribution in [0.3, 0.4) is 0 Å². The van der Waals surface area contributed by atoms with Gasteiger partial charge in [0.05, 0.1) is 29.1 Å². The molecule has 1 saturated heterocycles. The fourth-order valence-electron chi connectivity index (χ4n) is 3.89. The Balaban J connectivity index is 1.31. The first-order valence-electron chi connectivity index (χ1n) is 10.6. The number of nitrogens with zero attached hydrogens (tertiary/aromatic N) is 4. The molecule has 2 aromatic heterocycles. The van der Waals surface area contributed by atoms with Gasteiger partial charge in [0.1, 0.15) is 5.75 Å². The van der Waals surface area contributed by atoms with Crippen molar-refractivity contribution in [2.75, 3.05) is 19.7 Å². The van der Waals surface area contributed by atoms with Gasteiger partial charge in [-0.1, -0.05) is 0 Å². The molecule has 7 nitrogen and oxygen atoms in total. The summed E-state index contributed by atoms with van der Waals surface area (Å²) in [6.45, 7) is 5.27. The number of pyridine rings is 1. The molecule has 1 aromatic carbocycles. The molecule has 1 aliphatic rings. The van der Waals surface area contributed by atoms with E-state index in [1.807, 2.05) is 24.3 Å². The van der Waals surface area contributed by atoms with Gasteiger partial charge in [-0.15, -0.1) is 0 Å². The van der Waals surface area contributed by atoms with Crippen LogP contribution in [0.5, 0.6) is 5.75 Å². The van der Waals surface area contributed by atoms with Gasteiger partial charge in [0.2, 0.25) is 0 Å². The molecule has 1 fully saturated rings. The first-order chi connectivity index (χ1) is 15.0. The van der Waals surface area contributed by atoms with Crippen molar-refractivity contribution in [3.63, 3.8) is 0 Å². The van der Waals surface area contributed by atoms with E-state index in [-0.39, 0.29) is 10.6 Å². The van der Waals surface area contributed by atoms with Crippen LogP contribution in [0.15, 0.2) is 66.1 Å². The van der Waals surface area contributed by atoms with E-state index in [9.17, 15) is 8.42 Å². The average molecular weight is 441 g/mol. The van der Waals surface area contributed by atoms with Crippen molar-refractivity contribution in [1.29, 1.82) is 0 Å². The minimum Gasteiger partial charge on any atom is -0.494 e. The molecule has 0 bridgehead atoms. The highest BCUT2D eigenvalue weighted by atomic mass is 32.2. The standard InChI is InChI=1S/C23H28N4O3S/c1-19-5-3-12-26(19)13-4-14-30-22-9-7-21(8-10-22)27-17-20(15-25-27)18-31(28,29)23-6-2-11-24-16-23/h2,6-11,15-17,19H,3-5,12-14,18H2,1H3. The Morgan fingerprint density at radius 3 is 2.71 bits per heavy atom. The summed E-state index contributed by atoms with van der Waals surface area (Å²) in [6.07, 6.45) is 9.85. The van der Waals surface area contributed by atoms with E-state index in [0.717, 1.165) is 24.4 Å². The van der Waals surface area contributed by atoms with Gasteiger partial charge in [0, 0.05) is 36.7 Å². The van der Waals surface area contributed by atoms with Crippen LogP contribution >= 0.6 is 0 Å². The van der Waals surface area contributed by atoms with Crippen LogP contribution in [-0.4, -0.2) is 53.8 Å². The van der Waals surface area contributed by atoms with E-state index in [4.69, 9.17) is 4.74 Å². The van der Waals surface area contributed by atoms with Crippen LogP contribution in [-0.2, 0) is 15.6 Å². The molecule has 0 saturated carbocycles. The van der Waals surface area contributed by atoms with E-state index in [1.54, 1.807) is 35.4 Å². The SMILES string of the molecule is CC1CCCN1CCCOc1ccc(-n2cc(CS(=O)(=O)c3cccnc3)cn2)cc1. The zero-order valence-corrected chi connectivity index (χ0v) is 18.5. The Morgan fingerprint density at radius 1 is 1.16 bits per heavy atom. The molecule has 1 aliphatic heterocycles. The molecule has 0 amide bonds. The third-order valence-corrected chi connectivity index (χ3v) is 7.31. The topological polar surface area (TPSA) is 77.3 Å². The molecule has 31 heavy (non-hydrogen) atoms. The molecule has 0 aliphatic carbocycles. The molecule has 8 heteroatoms. The lowest BCUT2D eigenvalue weighted by atomic mass is 10.2. The lowest BCUT2D eigenvalue weighted by Crippen LogP contribution is -2.28. The molecule has 3 heterocycles. The summed E-state index contributed by atoms with van der Waals surface area (Å²) in [6, 6.07) is 11.5. The van der Waals surface area contributed by atoms with Crippen molar-refractivity contribution in [2.24, 2.45) is 0 Å². The fraction of sp³-hybridized carbons (Fsp3) is 0.391. The summed E-state index contributed by atoms with van der Waals surface area (Å²) in [5, 5.41) is 4.31. The predicted molar refractivity (Wildman–Crippen MR) is 119 cm³/mol. The van der Waals surface area contributed by atoms with Crippen molar-refractivity contribution in [2.45, 2.75) is 42.9 Å². The first kappa shape index (κ1) is 21.5. The molecule has 3 aromatic rings. The van der Waals surface area contributed by atoms with Crippen molar-refractivity contribution in [3.8, 4) is 11.4 Å². The summed E-state index contributed by atoms with van der Waals surface area (Å²) in [4.78, 5) is 6.62. The van der Waals surface area contributed by atoms with E-state index in [0.29, 0.717) is 18.2 Å². The van der Waals surface area contributed by atoms with Gasteiger partial charge < -0.3 is 9.64 Å². The van der Waals surface area contributed by atoms with Gasteiger partial charge in [-0.05, 0) is 69.1 Å². The number of hydrogen-bond acceptors (Lipinski definition) is 6. The molecule has 0 spiro atoms. The Bertz CT molecular complexity index is 1080. The Kier molecular flexibility index (Phi) is 6.67. The number of ether oxygens (including phenoxy) is 1. The van der Waals surface area contributed by atoms with Crippen LogP contribution in [0.1, 0.15) is 31.7 Å². The predicted octanol–water partition coefficient (Wildman–Crippen LogP) is 3.49. The Labute approximate surface area is 183 Å². The van der Waals surface area contributed by atoms with Gasteiger partial charge >= 0.3 is 0 Å². The minimum absolute atomic E-state index is 0.116. The molecule has 0 N–H and O–H groups in total. The lowest BCUT2D eigenvalue weighted by molar-refractivity contribution is 0.230. The molecular formula is C23H28N4O3S. The highest BCUT2D eigenvalue weighted by molar-refractivity contribution is 7.90. The summed E-state index contributed by atoms with van der Waals surface area (Å²) in [7, 11) is -3.45. The molecular weight excluding hydrogens is 412 g/mol. The number of aromatic nitrogens is 3. The molecule has 4 rings (SSSR count). The van der Waals surface area contributed by atoms with E-state index >= 15 is 0 Å². The fourth-order valence-corrected chi connectivity index (χ4v) is 5.15. The van der Waals surface area contributed by atoms with E-state index in [1.165, 1.54) is 25.6 Å². The second-order valence-corrected chi connectivity index (χ2v) is 9.95. The van der Waals surface area contributed by atoms with Crippen molar-refractivity contribution >= 4 is 9.84 Å². The second-order valence-electron chi connectivity index (χ2n) is 7.96. The maximum absolute atomic E-state index is 12.5. The van der Waals surface area contributed by atoms with Gasteiger partial charge in [0.15, 0.2) is 9.84 Å². The summed E-state index contributed by atoms with van der Waals surface area (Å²) in [5.41, 5.74) is 1.48. The first-order valence-corrected chi connectivity index (χ1v) is 12.3. The summed E-state index contributed by atoms with van der Waals surface area (Å²) >= 11 is 0. The Morgan fingerprint density at radius 2 is 2.00 bits per heavy atom. The van der Waals surface area contributed by atoms with E-state index < -0.39 is 9.84 Å². The summed E-state index contributed by atoms with van der Waals surface area (Å²) < 4.78 is 32.6. The zero-order valence-electron chi connectivity index (χ0n) is 17.7. The number of rotatable bonds is 9. The van der Waals surface area contributed by atoms with Crippen molar-refractivity contribution in [1.82, 2.24) is 19.7 Å². The van der Waals surface area contributed by atoms with Crippen LogP contribution in [0, 0.1) is 0 Å². The Hall–Kier alpha value is -2.71. The highest BCUT2D eigenvalue weighted by Crippen LogP contribution is 2.19. The van der Waals surface area contributed by atoms with Crippen LogP contribution in [0.2, 0.25) is 0 Å². The van der Waals surface area contributed by atoms with Crippen molar-refractivity contribution < 1.29 is 13.2 Å². The molecule has 164 valence electrons. The largest absolute Gasteiger partial charge is 0.494 e. The van der Waals surface area contributed by atoms with Crippen LogP contribution in [0.25, 0.3) is 5.69 Å². The second kappa shape index (κ2) is 9.62. The smallest absolute Gasteiger partial charge is 0.184 e. The maximum Gasteiger partial charge on any atom is 0.184 e. The monoisotopic (exact) mass is 440 g/mol. The average Bonchev–Trinajstić information content (AvgIpc) is 3.41. The van der Waals surface area contributed by atoms with Gasteiger partial charge in [0.25, 0.3) is 0 Å². The normalized spacial score (nSPS) is 17.1. The summed E-state index contributed by atoms with van der Waals surface area (Å²) in [5.74, 6) is 0.708.